The van der Waals surface area contributed by atoms with E-state index in [1.807, 2.05) is 11.9 Å². The highest BCUT2D eigenvalue weighted by Gasteiger charge is 2.29. The van der Waals surface area contributed by atoms with E-state index in [1.165, 1.54) is 19.3 Å². The fraction of sp³-hybridized carbons (Fsp3) is 0.944. The van der Waals surface area contributed by atoms with Gasteiger partial charge >= 0.3 is 0 Å². The van der Waals surface area contributed by atoms with Crippen LogP contribution < -0.4 is 0 Å². The summed E-state index contributed by atoms with van der Waals surface area (Å²) in [6, 6.07) is 0. The number of amides is 1. The van der Waals surface area contributed by atoms with Gasteiger partial charge in [-0.3, -0.25) is 4.79 Å². The molecule has 0 bridgehead atoms. The number of carbonyl (C=O) groups is 1. The number of ether oxygens (including phenoxy) is 1. The van der Waals surface area contributed by atoms with Gasteiger partial charge in [0.25, 0.3) is 5.91 Å². The van der Waals surface area contributed by atoms with Crippen LogP contribution in [0.5, 0.6) is 0 Å². The van der Waals surface area contributed by atoms with Crippen LogP contribution in [-0.4, -0.2) is 61.6 Å². The van der Waals surface area contributed by atoms with Crippen molar-refractivity contribution >= 4 is 5.91 Å². The summed E-state index contributed by atoms with van der Waals surface area (Å²) in [6.45, 7) is 7.48. The summed E-state index contributed by atoms with van der Waals surface area (Å²) in [5, 5.41) is 0. The topological polar surface area (TPSA) is 32.8 Å². The van der Waals surface area contributed by atoms with Crippen molar-refractivity contribution in [2.75, 3.05) is 33.7 Å². The standard InChI is InChI=1S/C18H34N2O2/c1-5-17(22-16-8-6-7-14(2)11-16)18(21)20(4)13-15-9-10-19(3)12-15/h14-17H,5-13H2,1-4H3/t14-,15+,16+,17-/m0/s1. The summed E-state index contributed by atoms with van der Waals surface area (Å²) in [5.41, 5.74) is 0. The van der Waals surface area contributed by atoms with Crippen LogP contribution in [0.2, 0.25) is 0 Å². The maximum atomic E-state index is 12.7. The predicted octanol–water partition coefficient (Wildman–Crippen LogP) is 2.77. The average Bonchev–Trinajstić information content (AvgIpc) is 2.89. The normalized spacial score (nSPS) is 31.2. The molecule has 22 heavy (non-hydrogen) atoms. The smallest absolute Gasteiger partial charge is 0.251 e. The Bertz CT molecular complexity index is 361. The van der Waals surface area contributed by atoms with E-state index < -0.39 is 0 Å². The SMILES string of the molecule is CC[C@H](O[C@@H]1CCC[C@H](C)C1)C(=O)N(C)C[C@@H]1CCN(C)C1. The molecule has 4 nitrogen and oxygen atoms in total. The molecule has 128 valence electrons. The Morgan fingerprint density at radius 3 is 2.73 bits per heavy atom. The largest absolute Gasteiger partial charge is 0.365 e. The van der Waals surface area contributed by atoms with Crippen LogP contribution >= 0.6 is 0 Å². The summed E-state index contributed by atoms with van der Waals surface area (Å²) in [4.78, 5) is 16.9. The van der Waals surface area contributed by atoms with E-state index in [0.29, 0.717) is 5.92 Å². The highest BCUT2D eigenvalue weighted by atomic mass is 16.5. The fourth-order valence-corrected chi connectivity index (χ4v) is 3.96. The summed E-state index contributed by atoms with van der Waals surface area (Å²) in [7, 11) is 4.10. The van der Waals surface area contributed by atoms with Crippen molar-refractivity contribution in [3.63, 3.8) is 0 Å². The fourth-order valence-electron chi connectivity index (χ4n) is 3.96. The van der Waals surface area contributed by atoms with Gasteiger partial charge in [-0.25, -0.2) is 0 Å². The molecule has 1 amide bonds. The second kappa shape index (κ2) is 8.30. The van der Waals surface area contributed by atoms with Crippen molar-refractivity contribution in [3.05, 3.63) is 0 Å². The quantitative estimate of drug-likeness (QED) is 0.756. The second-order valence-corrected chi connectivity index (χ2v) is 7.56. The van der Waals surface area contributed by atoms with Crippen LogP contribution in [0.1, 0.15) is 52.4 Å². The van der Waals surface area contributed by atoms with Gasteiger partial charge in [-0.2, -0.15) is 0 Å². The van der Waals surface area contributed by atoms with Crippen molar-refractivity contribution in [1.29, 1.82) is 0 Å². The average molecular weight is 310 g/mol. The van der Waals surface area contributed by atoms with Crippen molar-refractivity contribution < 1.29 is 9.53 Å². The molecule has 2 rings (SSSR count). The van der Waals surface area contributed by atoms with E-state index in [-0.39, 0.29) is 18.1 Å². The second-order valence-electron chi connectivity index (χ2n) is 7.56. The molecule has 1 saturated carbocycles. The molecular weight excluding hydrogens is 276 g/mol. The van der Waals surface area contributed by atoms with Crippen LogP contribution in [0.4, 0.5) is 0 Å². The van der Waals surface area contributed by atoms with E-state index in [0.717, 1.165) is 44.8 Å². The zero-order valence-electron chi connectivity index (χ0n) is 14.9. The molecular formula is C18H34N2O2. The monoisotopic (exact) mass is 310 g/mol. The van der Waals surface area contributed by atoms with Gasteiger partial charge < -0.3 is 14.5 Å². The van der Waals surface area contributed by atoms with E-state index in [2.05, 4.69) is 25.8 Å². The summed E-state index contributed by atoms with van der Waals surface area (Å²) in [6.07, 6.45) is 6.78. The molecule has 4 heteroatoms. The number of carbonyl (C=O) groups excluding carboxylic acids is 1. The van der Waals surface area contributed by atoms with Gasteiger partial charge in [0.2, 0.25) is 0 Å². The van der Waals surface area contributed by atoms with Gasteiger partial charge in [0.05, 0.1) is 6.10 Å². The van der Waals surface area contributed by atoms with Crippen LogP contribution in [0.25, 0.3) is 0 Å². The van der Waals surface area contributed by atoms with E-state index in [1.54, 1.807) is 0 Å². The van der Waals surface area contributed by atoms with Gasteiger partial charge in [0, 0.05) is 20.1 Å². The Morgan fingerprint density at radius 1 is 1.36 bits per heavy atom. The molecule has 0 N–H and O–H groups in total. The third-order valence-corrected chi connectivity index (χ3v) is 5.29. The van der Waals surface area contributed by atoms with Crippen LogP contribution in [0.3, 0.4) is 0 Å². The van der Waals surface area contributed by atoms with Gasteiger partial charge in [-0.05, 0) is 51.1 Å². The number of likely N-dealkylation sites (N-methyl/N-ethyl adjacent to an activating group) is 1. The molecule has 2 fully saturated rings. The molecule has 0 aromatic carbocycles. The highest BCUT2D eigenvalue weighted by molar-refractivity contribution is 5.80. The van der Waals surface area contributed by atoms with E-state index >= 15 is 0 Å². The molecule has 4 atom stereocenters. The maximum absolute atomic E-state index is 12.7. The first-order chi connectivity index (χ1) is 10.5. The Labute approximate surface area is 136 Å². The van der Waals surface area contributed by atoms with Crippen LogP contribution in [0, 0.1) is 11.8 Å². The maximum Gasteiger partial charge on any atom is 0.251 e. The number of nitrogens with zero attached hydrogens (tertiary/aromatic N) is 2. The molecule has 1 heterocycles. The minimum absolute atomic E-state index is 0.176. The van der Waals surface area contributed by atoms with Gasteiger partial charge in [-0.15, -0.1) is 0 Å². The highest BCUT2D eigenvalue weighted by Crippen LogP contribution is 2.27. The predicted molar refractivity (Wildman–Crippen MR) is 89.8 cm³/mol. The molecule has 0 aromatic heterocycles. The lowest BCUT2D eigenvalue weighted by Crippen LogP contribution is -2.42. The number of rotatable bonds is 6. The zero-order valence-corrected chi connectivity index (χ0v) is 14.9. The Balaban J connectivity index is 1.82. The Hall–Kier alpha value is -0.610. The number of likely N-dealkylation sites (tertiary alicyclic amines) is 1. The number of hydrogen-bond donors (Lipinski definition) is 0. The molecule has 2 aliphatic rings. The van der Waals surface area contributed by atoms with Crippen molar-refractivity contribution in [3.8, 4) is 0 Å². The molecule has 1 saturated heterocycles. The lowest BCUT2D eigenvalue weighted by Gasteiger charge is -2.32. The van der Waals surface area contributed by atoms with E-state index in [9.17, 15) is 4.79 Å². The first-order valence-electron chi connectivity index (χ1n) is 9.08. The Morgan fingerprint density at radius 2 is 2.14 bits per heavy atom. The first-order valence-corrected chi connectivity index (χ1v) is 9.08. The molecule has 1 aliphatic heterocycles. The minimum atomic E-state index is -0.251. The van der Waals surface area contributed by atoms with Gasteiger partial charge in [0.1, 0.15) is 6.10 Å². The zero-order chi connectivity index (χ0) is 16.1. The molecule has 0 spiro atoms. The van der Waals surface area contributed by atoms with Crippen molar-refractivity contribution in [2.45, 2.75) is 64.6 Å². The molecule has 0 unspecified atom stereocenters. The first kappa shape index (κ1) is 17.7. The van der Waals surface area contributed by atoms with Gasteiger partial charge in [-0.1, -0.05) is 26.7 Å². The lowest BCUT2D eigenvalue weighted by molar-refractivity contribution is -0.149. The number of hydrogen-bond acceptors (Lipinski definition) is 3. The van der Waals surface area contributed by atoms with E-state index in [4.69, 9.17) is 4.74 Å². The van der Waals surface area contributed by atoms with Crippen molar-refractivity contribution in [2.24, 2.45) is 11.8 Å². The summed E-state index contributed by atoms with van der Waals surface area (Å²) >= 11 is 0. The summed E-state index contributed by atoms with van der Waals surface area (Å²) < 4.78 is 6.18. The lowest BCUT2D eigenvalue weighted by atomic mass is 9.88. The van der Waals surface area contributed by atoms with Crippen LogP contribution in [-0.2, 0) is 9.53 Å². The molecule has 0 aromatic rings. The third kappa shape index (κ3) is 4.95. The van der Waals surface area contributed by atoms with Crippen molar-refractivity contribution in [1.82, 2.24) is 9.80 Å². The summed E-state index contributed by atoms with van der Waals surface area (Å²) in [5.74, 6) is 1.53. The molecule has 0 radical (unpaired) electrons. The molecule has 1 aliphatic carbocycles. The minimum Gasteiger partial charge on any atom is -0.365 e. The third-order valence-electron chi connectivity index (χ3n) is 5.29. The van der Waals surface area contributed by atoms with Crippen LogP contribution in [0.15, 0.2) is 0 Å². The Kier molecular flexibility index (Phi) is 6.69. The van der Waals surface area contributed by atoms with Gasteiger partial charge in [0.15, 0.2) is 0 Å².